The molecule has 1 aromatic heterocycles. The molecule has 2 nitrogen and oxygen atoms in total. The summed E-state index contributed by atoms with van der Waals surface area (Å²) in [6, 6.07) is 1.94. The number of rotatable bonds is 1. The lowest BCUT2D eigenvalue weighted by Crippen LogP contribution is -1.88. The van der Waals surface area contributed by atoms with Crippen molar-refractivity contribution in [1.29, 1.82) is 0 Å². The number of aryl methyl sites for hydroxylation is 2. The van der Waals surface area contributed by atoms with Gasteiger partial charge in [-0.25, -0.2) is 0 Å². The smallest absolute Gasteiger partial charge is 0.265 e. The third kappa shape index (κ3) is 1.61. The Morgan fingerprint density at radius 2 is 2.46 bits per heavy atom. The van der Waals surface area contributed by atoms with Crippen molar-refractivity contribution in [3.05, 3.63) is 21.4 Å². The van der Waals surface area contributed by atoms with Gasteiger partial charge < -0.3 is 0 Å². The van der Waals surface area contributed by atoms with Gasteiger partial charge in [0, 0.05) is 4.88 Å². The van der Waals surface area contributed by atoms with Crippen molar-refractivity contribution in [3.8, 4) is 0 Å². The minimum Gasteiger partial charge on any atom is -0.265 e. The van der Waals surface area contributed by atoms with Gasteiger partial charge in [-0.1, -0.05) is 0 Å². The van der Waals surface area contributed by atoms with Crippen LogP contribution in [-0.4, -0.2) is 11.1 Å². The molecule has 66 valence electrons. The number of amides is 1. The molecule has 0 aliphatic heterocycles. The standard InChI is InChI=1S/C9H7NOS2/c11-9(10-5-12)8-4-6-2-1-3-7(6)13-8/h4H,1-3H2. The number of thiocarbonyl (C=S) groups is 1. The van der Waals surface area contributed by atoms with E-state index in [1.54, 1.807) is 11.3 Å². The summed E-state index contributed by atoms with van der Waals surface area (Å²) < 4.78 is 0. The van der Waals surface area contributed by atoms with E-state index in [-0.39, 0.29) is 5.91 Å². The molecule has 1 heterocycles. The molecule has 0 aromatic carbocycles. The summed E-state index contributed by atoms with van der Waals surface area (Å²) in [6.45, 7) is 0. The zero-order chi connectivity index (χ0) is 9.26. The molecule has 0 fully saturated rings. The van der Waals surface area contributed by atoms with Crippen LogP contribution in [0.3, 0.4) is 0 Å². The lowest BCUT2D eigenvalue weighted by atomic mass is 10.2. The number of thiophene rings is 1. The predicted molar refractivity (Wildman–Crippen MR) is 55.7 cm³/mol. The highest BCUT2D eigenvalue weighted by Gasteiger charge is 2.17. The zero-order valence-electron chi connectivity index (χ0n) is 6.87. The Morgan fingerprint density at radius 3 is 3.15 bits per heavy atom. The van der Waals surface area contributed by atoms with Gasteiger partial charge in [0.15, 0.2) is 0 Å². The summed E-state index contributed by atoms with van der Waals surface area (Å²) in [6.07, 6.45) is 3.42. The maximum absolute atomic E-state index is 11.3. The van der Waals surface area contributed by atoms with E-state index in [0.717, 1.165) is 12.8 Å². The molecule has 1 aliphatic carbocycles. The molecule has 1 amide bonds. The van der Waals surface area contributed by atoms with Gasteiger partial charge in [0.1, 0.15) is 0 Å². The number of carbonyl (C=O) groups is 1. The number of nitrogens with zero attached hydrogens (tertiary/aromatic N) is 1. The molecule has 0 radical (unpaired) electrons. The van der Waals surface area contributed by atoms with Gasteiger partial charge in [-0.3, -0.25) is 4.79 Å². The summed E-state index contributed by atoms with van der Waals surface area (Å²) in [5.41, 5.74) is 1.31. The monoisotopic (exact) mass is 209 g/mol. The van der Waals surface area contributed by atoms with Crippen molar-refractivity contribution in [2.45, 2.75) is 19.3 Å². The highest BCUT2D eigenvalue weighted by Crippen LogP contribution is 2.30. The summed E-state index contributed by atoms with van der Waals surface area (Å²) in [5, 5.41) is 2.10. The fraction of sp³-hybridized carbons (Fsp3) is 0.333. The Bertz CT molecular complexity index is 380. The lowest BCUT2D eigenvalue weighted by Gasteiger charge is -1.86. The van der Waals surface area contributed by atoms with Crippen molar-refractivity contribution >= 4 is 34.6 Å². The molecule has 13 heavy (non-hydrogen) atoms. The first-order valence-corrected chi connectivity index (χ1v) is 5.27. The number of fused-ring (bicyclic) bond motifs is 1. The quantitative estimate of drug-likeness (QED) is 0.525. The van der Waals surface area contributed by atoms with Gasteiger partial charge in [-0.15, -0.1) is 11.3 Å². The highest BCUT2D eigenvalue weighted by atomic mass is 32.1. The normalized spacial score (nSPS) is 13.5. The molecule has 1 aromatic rings. The summed E-state index contributed by atoms with van der Waals surface area (Å²) in [7, 11) is 0. The van der Waals surface area contributed by atoms with Crippen LogP contribution in [0.2, 0.25) is 0 Å². The third-order valence-corrected chi connectivity index (χ3v) is 3.42. The second-order valence-electron chi connectivity index (χ2n) is 2.92. The average Bonchev–Trinajstić information content (AvgIpc) is 2.61. The van der Waals surface area contributed by atoms with Crippen molar-refractivity contribution < 1.29 is 4.79 Å². The molecule has 4 heteroatoms. The van der Waals surface area contributed by atoms with E-state index in [0.29, 0.717) is 4.88 Å². The van der Waals surface area contributed by atoms with Gasteiger partial charge in [0.25, 0.3) is 5.91 Å². The van der Waals surface area contributed by atoms with Gasteiger partial charge in [-0.2, -0.15) is 4.99 Å². The largest absolute Gasteiger partial charge is 0.295 e. The number of isothiocyanates is 1. The summed E-state index contributed by atoms with van der Waals surface area (Å²) in [5.74, 6) is -0.255. The number of hydrogen-bond acceptors (Lipinski definition) is 3. The van der Waals surface area contributed by atoms with Crippen molar-refractivity contribution in [1.82, 2.24) is 0 Å². The highest BCUT2D eigenvalue weighted by molar-refractivity contribution is 7.78. The number of hydrogen-bond donors (Lipinski definition) is 0. The van der Waals surface area contributed by atoms with Crippen LogP contribution in [0.15, 0.2) is 11.1 Å². The molecule has 0 unspecified atom stereocenters. The third-order valence-electron chi connectivity index (χ3n) is 2.10. The van der Waals surface area contributed by atoms with Gasteiger partial charge in [0.2, 0.25) is 0 Å². The molecule has 2 rings (SSSR count). The Hall–Kier alpha value is -0.830. The molecule has 0 saturated carbocycles. The number of carbonyl (C=O) groups excluding carboxylic acids is 1. The van der Waals surface area contributed by atoms with Crippen LogP contribution in [-0.2, 0) is 12.8 Å². The molecular weight excluding hydrogens is 202 g/mol. The van der Waals surface area contributed by atoms with Crippen LogP contribution in [0, 0.1) is 0 Å². The second kappa shape index (κ2) is 3.50. The van der Waals surface area contributed by atoms with Gasteiger partial charge in [0.05, 0.1) is 10.0 Å². The van der Waals surface area contributed by atoms with Gasteiger partial charge >= 0.3 is 0 Å². The SMILES string of the molecule is O=C(N=C=S)c1cc2c(s1)CCC2. The Morgan fingerprint density at radius 1 is 1.62 bits per heavy atom. The van der Waals surface area contributed by atoms with Crippen LogP contribution < -0.4 is 0 Å². The minimum atomic E-state index is -0.255. The van der Waals surface area contributed by atoms with E-state index in [1.807, 2.05) is 6.07 Å². The Balaban J connectivity index is 2.33. The molecule has 0 N–H and O–H groups in total. The fourth-order valence-electron chi connectivity index (χ4n) is 1.53. The average molecular weight is 209 g/mol. The van der Waals surface area contributed by atoms with E-state index in [9.17, 15) is 4.79 Å². The fourth-order valence-corrected chi connectivity index (χ4v) is 2.75. The molecule has 0 bridgehead atoms. The van der Waals surface area contributed by atoms with Crippen LogP contribution in [0.1, 0.15) is 26.5 Å². The van der Waals surface area contributed by atoms with Crippen molar-refractivity contribution in [2.24, 2.45) is 4.99 Å². The van der Waals surface area contributed by atoms with E-state index in [2.05, 4.69) is 22.4 Å². The van der Waals surface area contributed by atoms with Gasteiger partial charge in [-0.05, 0) is 43.1 Å². The van der Waals surface area contributed by atoms with Crippen molar-refractivity contribution in [3.63, 3.8) is 0 Å². The zero-order valence-corrected chi connectivity index (χ0v) is 8.50. The molecule has 1 aliphatic rings. The van der Waals surface area contributed by atoms with E-state index in [1.165, 1.54) is 16.9 Å². The van der Waals surface area contributed by atoms with Crippen molar-refractivity contribution in [2.75, 3.05) is 0 Å². The maximum atomic E-state index is 11.3. The second-order valence-corrected chi connectivity index (χ2v) is 4.24. The van der Waals surface area contributed by atoms with E-state index < -0.39 is 0 Å². The molecular formula is C9H7NOS2. The molecule has 0 spiro atoms. The van der Waals surface area contributed by atoms with E-state index in [4.69, 9.17) is 0 Å². The lowest BCUT2D eigenvalue weighted by molar-refractivity contribution is 0.101. The van der Waals surface area contributed by atoms with Crippen LogP contribution >= 0.6 is 23.6 Å². The topological polar surface area (TPSA) is 29.4 Å². The Labute approximate surface area is 85.3 Å². The van der Waals surface area contributed by atoms with Crippen LogP contribution in [0.5, 0.6) is 0 Å². The van der Waals surface area contributed by atoms with E-state index >= 15 is 0 Å². The maximum Gasteiger partial charge on any atom is 0.295 e. The minimum absolute atomic E-state index is 0.255. The first-order chi connectivity index (χ1) is 6.31. The predicted octanol–water partition coefficient (Wildman–Crippen LogP) is 2.48. The summed E-state index contributed by atoms with van der Waals surface area (Å²) in [4.78, 5) is 16.7. The van der Waals surface area contributed by atoms with Crippen LogP contribution in [0.4, 0.5) is 0 Å². The number of aliphatic imine (C=N–C) groups is 1. The first kappa shape index (κ1) is 8.75. The summed E-state index contributed by atoms with van der Waals surface area (Å²) >= 11 is 5.92. The Kier molecular flexibility index (Phi) is 2.36. The first-order valence-electron chi connectivity index (χ1n) is 4.05. The molecule has 0 atom stereocenters. The molecule has 0 saturated heterocycles. The van der Waals surface area contributed by atoms with Crippen LogP contribution in [0.25, 0.3) is 0 Å².